The van der Waals surface area contributed by atoms with E-state index in [1.54, 1.807) is 26.4 Å². The average molecular weight is 355 g/mol. The van der Waals surface area contributed by atoms with Gasteiger partial charge >= 0.3 is 0 Å². The van der Waals surface area contributed by atoms with E-state index in [9.17, 15) is 9.59 Å². The molecule has 0 aromatic heterocycles. The van der Waals surface area contributed by atoms with E-state index in [0.29, 0.717) is 23.7 Å². The Labute approximate surface area is 152 Å². The van der Waals surface area contributed by atoms with Crippen molar-refractivity contribution in [3.05, 3.63) is 54.1 Å². The second kappa shape index (κ2) is 8.01. The highest BCUT2D eigenvalue weighted by Gasteiger charge is 2.41. The summed E-state index contributed by atoms with van der Waals surface area (Å²) in [6.45, 7) is 0.710. The quantitative estimate of drug-likeness (QED) is 0.756. The van der Waals surface area contributed by atoms with Crippen LogP contribution in [0.15, 0.2) is 48.5 Å². The highest BCUT2D eigenvalue weighted by atomic mass is 16.5. The number of quaternary nitrogens is 1. The summed E-state index contributed by atoms with van der Waals surface area (Å²) < 4.78 is 10.5. The molecule has 1 heterocycles. The van der Waals surface area contributed by atoms with E-state index in [1.165, 1.54) is 4.90 Å². The maximum Gasteiger partial charge on any atom is 0.292 e. The summed E-state index contributed by atoms with van der Waals surface area (Å²) >= 11 is 0. The Balaban J connectivity index is 1.59. The van der Waals surface area contributed by atoms with Crippen LogP contribution in [0.25, 0.3) is 0 Å². The molecule has 6 nitrogen and oxygen atoms in total. The number of amides is 2. The van der Waals surface area contributed by atoms with E-state index in [2.05, 4.69) is 0 Å². The van der Waals surface area contributed by atoms with Crippen molar-refractivity contribution in [2.24, 2.45) is 0 Å². The Morgan fingerprint density at radius 3 is 2.46 bits per heavy atom. The number of nitrogens with zero attached hydrogens (tertiary/aromatic N) is 1. The predicted octanol–water partition coefficient (Wildman–Crippen LogP) is 1.14. The molecule has 2 aromatic rings. The highest BCUT2D eigenvalue weighted by molar-refractivity contribution is 6.21. The Morgan fingerprint density at radius 1 is 1.04 bits per heavy atom. The smallest absolute Gasteiger partial charge is 0.292 e. The summed E-state index contributed by atoms with van der Waals surface area (Å²) in [5.41, 5.74) is 1.73. The number of carbonyl (C=O) groups is 2. The normalized spacial score (nSPS) is 16.8. The van der Waals surface area contributed by atoms with Crippen LogP contribution in [-0.4, -0.2) is 38.6 Å². The second-order valence-electron chi connectivity index (χ2n) is 6.18. The minimum absolute atomic E-state index is 0.145. The average Bonchev–Trinajstić information content (AvgIpc) is 2.95. The lowest BCUT2D eigenvalue weighted by Crippen LogP contribution is -2.92. The van der Waals surface area contributed by atoms with Crippen LogP contribution < -0.4 is 19.7 Å². The van der Waals surface area contributed by atoms with Crippen LogP contribution in [0.5, 0.6) is 11.5 Å². The van der Waals surface area contributed by atoms with Crippen molar-refractivity contribution in [1.82, 2.24) is 0 Å². The van der Waals surface area contributed by atoms with Crippen LogP contribution in [0.3, 0.4) is 0 Å². The van der Waals surface area contributed by atoms with Crippen LogP contribution in [-0.2, 0) is 16.0 Å². The van der Waals surface area contributed by atoms with Crippen LogP contribution in [0, 0.1) is 0 Å². The molecule has 1 aliphatic heterocycles. The first-order valence-corrected chi connectivity index (χ1v) is 8.60. The molecule has 136 valence electrons. The molecule has 6 heteroatoms. The Hall–Kier alpha value is -2.86. The highest BCUT2D eigenvalue weighted by Crippen LogP contribution is 2.27. The maximum absolute atomic E-state index is 12.6. The number of hydrogen-bond donors (Lipinski definition) is 1. The third-order valence-corrected chi connectivity index (χ3v) is 4.53. The van der Waals surface area contributed by atoms with Gasteiger partial charge in [0.2, 0.25) is 5.91 Å². The van der Waals surface area contributed by atoms with Gasteiger partial charge in [-0.15, -0.1) is 0 Å². The van der Waals surface area contributed by atoms with Gasteiger partial charge in [0.25, 0.3) is 5.91 Å². The molecule has 1 fully saturated rings. The first kappa shape index (κ1) is 17.9. The minimum atomic E-state index is -0.358. The third kappa shape index (κ3) is 3.70. The van der Waals surface area contributed by atoms with Crippen molar-refractivity contribution < 1.29 is 24.4 Å². The lowest BCUT2D eigenvalue weighted by atomic mass is 10.1. The van der Waals surface area contributed by atoms with Gasteiger partial charge in [0.05, 0.1) is 32.9 Å². The van der Waals surface area contributed by atoms with Gasteiger partial charge in [-0.3, -0.25) is 9.59 Å². The minimum Gasteiger partial charge on any atom is -0.493 e. The molecule has 1 aliphatic rings. The van der Waals surface area contributed by atoms with E-state index in [1.807, 2.05) is 41.7 Å². The van der Waals surface area contributed by atoms with Crippen molar-refractivity contribution in [2.75, 3.05) is 25.7 Å². The number of rotatable bonds is 7. The van der Waals surface area contributed by atoms with Crippen LogP contribution in [0.1, 0.15) is 12.0 Å². The topological polar surface area (TPSA) is 72.5 Å². The van der Waals surface area contributed by atoms with Gasteiger partial charge in [-0.05, 0) is 29.8 Å². The molecule has 26 heavy (non-hydrogen) atoms. The molecule has 1 saturated heterocycles. The number of anilines is 1. The summed E-state index contributed by atoms with van der Waals surface area (Å²) in [7, 11) is 3.21. The van der Waals surface area contributed by atoms with Crippen LogP contribution in [0.2, 0.25) is 0 Å². The zero-order chi connectivity index (χ0) is 18.5. The maximum atomic E-state index is 12.6. The SMILES string of the molecule is COc1ccc(CC[NH2+][C@@H]2CC(=O)N(c3ccccc3)C2=O)cc1OC. The van der Waals surface area contributed by atoms with Gasteiger partial charge in [-0.25, -0.2) is 4.90 Å². The van der Waals surface area contributed by atoms with Crippen molar-refractivity contribution in [3.63, 3.8) is 0 Å². The largest absolute Gasteiger partial charge is 0.493 e. The van der Waals surface area contributed by atoms with Gasteiger partial charge in [-0.1, -0.05) is 24.3 Å². The predicted molar refractivity (Wildman–Crippen MR) is 97.4 cm³/mol. The van der Waals surface area contributed by atoms with E-state index < -0.39 is 0 Å². The zero-order valence-corrected chi connectivity index (χ0v) is 15.0. The number of carbonyl (C=O) groups excluding carboxylic acids is 2. The van der Waals surface area contributed by atoms with E-state index in [4.69, 9.17) is 9.47 Å². The zero-order valence-electron chi connectivity index (χ0n) is 15.0. The van der Waals surface area contributed by atoms with Gasteiger partial charge < -0.3 is 14.8 Å². The third-order valence-electron chi connectivity index (χ3n) is 4.53. The van der Waals surface area contributed by atoms with Crippen molar-refractivity contribution in [3.8, 4) is 11.5 Å². The van der Waals surface area contributed by atoms with Crippen molar-refractivity contribution in [1.29, 1.82) is 0 Å². The Kier molecular flexibility index (Phi) is 5.53. The number of imide groups is 1. The summed E-state index contributed by atoms with van der Waals surface area (Å²) in [5.74, 6) is 1.09. The molecule has 1 atom stereocenters. The molecule has 0 unspecified atom stereocenters. The molecule has 0 spiro atoms. The number of benzene rings is 2. The molecule has 2 N–H and O–H groups in total. The fourth-order valence-corrected chi connectivity index (χ4v) is 3.18. The number of hydrogen-bond acceptors (Lipinski definition) is 4. The lowest BCUT2D eigenvalue weighted by Gasteiger charge is -2.14. The number of nitrogens with two attached hydrogens (primary N) is 1. The number of methoxy groups -OCH3 is 2. The summed E-state index contributed by atoms with van der Waals surface area (Å²) in [6.07, 6.45) is 1.00. The fraction of sp³-hybridized carbons (Fsp3) is 0.300. The fourth-order valence-electron chi connectivity index (χ4n) is 3.18. The standard InChI is InChI=1S/C20H22N2O4/c1-25-17-9-8-14(12-18(17)26-2)10-11-21-16-13-19(23)22(20(16)24)15-6-4-3-5-7-15/h3-9,12,16,21H,10-11,13H2,1-2H3/p+1/t16-/m1/s1. The van der Waals surface area contributed by atoms with E-state index >= 15 is 0 Å². The van der Waals surface area contributed by atoms with Crippen molar-refractivity contribution in [2.45, 2.75) is 18.9 Å². The Morgan fingerprint density at radius 2 is 1.77 bits per heavy atom. The van der Waals surface area contributed by atoms with E-state index in [0.717, 1.165) is 12.0 Å². The first-order chi connectivity index (χ1) is 12.6. The number of ether oxygens (including phenoxy) is 2. The van der Waals surface area contributed by atoms with E-state index in [-0.39, 0.29) is 24.3 Å². The van der Waals surface area contributed by atoms with Crippen LogP contribution >= 0.6 is 0 Å². The molecular formula is C20H23N2O4+. The van der Waals surface area contributed by atoms with Gasteiger partial charge in [0.15, 0.2) is 17.5 Å². The number of para-hydroxylation sites is 1. The van der Waals surface area contributed by atoms with Crippen LogP contribution in [0.4, 0.5) is 5.69 Å². The molecule has 0 saturated carbocycles. The summed E-state index contributed by atoms with van der Waals surface area (Å²) in [4.78, 5) is 26.1. The molecule has 2 amide bonds. The molecular weight excluding hydrogens is 332 g/mol. The molecule has 2 aromatic carbocycles. The monoisotopic (exact) mass is 355 g/mol. The molecule has 0 aliphatic carbocycles. The molecule has 0 radical (unpaired) electrons. The van der Waals surface area contributed by atoms with Gasteiger partial charge in [0, 0.05) is 6.42 Å². The summed E-state index contributed by atoms with van der Waals surface area (Å²) in [5, 5.41) is 1.94. The van der Waals surface area contributed by atoms with Crippen molar-refractivity contribution >= 4 is 17.5 Å². The lowest BCUT2D eigenvalue weighted by molar-refractivity contribution is -0.674. The van der Waals surface area contributed by atoms with Gasteiger partial charge in [-0.2, -0.15) is 0 Å². The molecule has 3 rings (SSSR count). The summed E-state index contributed by atoms with van der Waals surface area (Å²) in [6, 6.07) is 14.5. The second-order valence-corrected chi connectivity index (χ2v) is 6.18. The Bertz CT molecular complexity index is 792. The van der Waals surface area contributed by atoms with Gasteiger partial charge in [0.1, 0.15) is 0 Å². The molecule has 0 bridgehead atoms. The first-order valence-electron chi connectivity index (χ1n) is 8.60.